The van der Waals surface area contributed by atoms with Gasteiger partial charge in [0.25, 0.3) is 5.91 Å². The number of benzene rings is 2. The molecule has 0 fully saturated rings. The van der Waals surface area contributed by atoms with Crippen LogP contribution in [0.1, 0.15) is 15.9 Å². The molecule has 27 heavy (non-hydrogen) atoms. The predicted octanol–water partition coefficient (Wildman–Crippen LogP) is 3.21. The Morgan fingerprint density at radius 3 is 2.56 bits per heavy atom. The van der Waals surface area contributed by atoms with E-state index in [-0.39, 0.29) is 18.5 Å². The van der Waals surface area contributed by atoms with Gasteiger partial charge in [0.1, 0.15) is 5.82 Å². The maximum absolute atomic E-state index is 12.9. The molecule has 1 aliphatic rings. The highest BCUT2D eigenvalue weighted by atomic mass is 19.1. The number of aromatic nitrogens is 2. The van der Waals surface area contributed by atoms with E-state index in [1.54, 1.807) is 0 Å². The highest BCUT2D eigenvalue weighted by Gasteiger charge is 2.13. The zero-order chi connectivity index (χ0) is 18.6. The molecule has 136 valence electrons. The molecule has 4 rings (SSSR count). The van der Waals surface area contributed by atoms with Crippen LogP contribution in [0.5, 0.6) is 11.5 Å². The molecule has 2 heterocycles. The van der Waals surface area contributed by atoms with Crippen LogP contribution in [0.15, 0.2) is 54.9 Å². The van der Waals surface area contributed by atoms with Crippen LogP contribution < -0.4 is 20.1 Å². The Bertz CT molecular complexity index is 962. The van der Waals surface area contributed by atoms with Crippen molar-refractivity contribution in [3.05, 3.63) is 71.8 Å². The molecule has 0 radical (unpaired) electrons. The molecule has 7 nitrogen and oxygen atoms in total. The van der Waals surface area contributed by atoms with Gasteiger partial charge in [0.15, 0.2) is 11.5 Å². The fourth-order valence-corrected chi connectivity index (χ4v) is 2.51. The molecular formula is C19H15FN4O3. The summed E-state index contributed by atoms with van der Waals surface area (Å²) in [6, 6.07) is 11.2. The van der Waals surface area contributed by atoms with Gasteiger partial charge in [-0.15, -0.1) is 0 Å². The zero-order valence-corrected chi connectivity index (χ0v) is 14.1. The van der Waals surface area contributed by atoms with Crippen LogP contribution in [0.25, 0.3) is 0 Å². The van der Waals surface area contributed by atoms with Gasteiger partial charge in [0.05, 0.1) is 5.56 Å². The maximum Gasteiger partial charge on any atom is 0.258 e. The van der Waals surface area contributed by atoms with Crippen LogP contribution in [0.3, 0.4) is 0 Å². The van der Waals surface area contributed by atoms with Gasteiger partial charge in [0, 0.05) is 24.6 Å². The number of rotatable bonds is 5. The van der Waals surface area contributed by atoms with Crippen molar-refractivity contribution in [2.75, 3.05) is 17.4 Å². The standard InChI is InChI=1S/C19H15FN4O3/c20-14-2-4-15(5-3-14)24-18(25)13-9-22-19(23-10-13)21-8-12-1-6-16-17(7-12)27-11-26-16/h1-7,9-10H,8,11H2,(H,24,25)(H,21,22,23). The monoisotopic (exact) mass is 366 g/mol. The second-order valence-electron chi connectivity index (χ2n) is 5.80. The van der Waals surface area contributed by atoms with E-state index in [2.05, 4.69) is 20.6 Å². The third-order valence-corrected chi connectivity index (χ3v) is 3.90. The lowest BCUT2D eigenvalue weighted by molar-refractivity contribution is 0.102. The van der Waals surface area contributed by atoms with Gasteiger partial charge in [-0.3, -0.25) is 4.79 Å². The lowest BCUT2D eigenvalue weighted by atomic mass is 10.2. The van der Waals surface area contributed by atoms with Crippen LogP contribution in [0, 0.1) is 5.82 Å². The molecule has 0 saturated carbocycles. The zero-order valence-electron chi connectivity index (χ0n) is 14.1. The first kappa shape index (κ1) is 16.8. The lowest BCUT2D eigenvalue weighted by Gasteiger charge is -2.07. The summed E-state index contributed by atoms with van der Waals surface area (Å²) in [5.74, 6) is 1.10. The number of ether oxygens (including phenoxy) is 2. The molecule has 0 bridgehead atoms. The van der Waals surface area contributed by atoms with E-state index in [9.17, 15) is 9.18 Å². The van der Waals surface area contributed by atoms with Crippen LogP contribution in [-0.4, -0.2) is 22.7 Å². The van der Waals surface area contributed by atoms with E-state index in [1.165, 1.54) is 36.7 Å². The number of anilines is 2. The minimum atomic E-state index is -0.371. The van der Waals surface area contributed by atoms with Gasteiger partial charge in [-0.05, 0) is 42.0 Å². The Morgan fingerprint density at radius 2 is 1.78 bits per heavy atom. The number of fused-ring (bicyclic) bond motifs is 1. The number of hydrogen-bond donors (Lipinski definition) is 2. The van der Waals surface area contributed by atoms with Crippen molar-refractivity contribution in [3.63, 3.8) is 0 Å². The average Bonchev–Trinajstić information content (AvgIpc) is 3.16. The summed E-state index contributed by atoms with van der Waals surface area (Å²) in [4.78, 5) is 20.5. The molecule has 3 aromatic rings. The summed E-state index contributed by atoms with van der Waals surface area (Å²) in [6.45, 7) is 0.731. The average molecular weight is 366 g/mol. The van der Waals surface area contributed by atoms with Crippen molar-refractivity contribution in [1.82, 2.24) is 9.97 Å². The minimum absolute atomic E-state index is 0.233. The summed E-state index contributed by atoms with van der Waals surface area (Å²) in [7, 11) is 0. The van der Waals surface area contributed by atoms with Gasteiger partial charge in [-0.25, -0.2) is 14.4 Å². The van der Waals surface area contributed by atoms with Crippen molar-refractivity contribution in [2.24, 2.45) is 0 Å². The van der Waals surface area contributed by atoms with Crippen molar-refractivity contribution in [3.8, 4) is 11.5 Å². The first-order chi connectivity index (χ1) is 13.2. The molecule has 0 atom stereocenters. The predicted molar refractivity (Wildman–Crippen MR) is 96.3 cm³/mol. The molecule has 8 heteroatoms. The van der Waals surface area contributed by atoms with Crippen molar-refractivity contribution < 1.29 is 18.7 Å². The second-order valence-corrected chi connectivity index (χ2v) is 5.80. The molecule has 1 aliphatic heterocycles. The quantitative estimate of drug-likeness (QED) is 0.721. The Balaban J connectivity index is 1.35. The highest BCUT2D eigenvalue weighted by molar-refractivity contribution is 6.03. The second kappa shape index (κ2) is 7.28. The van der Waals surface area contributed by atoms with Crippen molar-refractivity contribution in [2.45, 2.75) is 6.54 Å². The Hall–Kier alpha value is -3.68. The number of hydrogen-bond acceptors (Lipinski definition) is 6. The number of amides is 1. The van der Waals surface area contributed by atoms with Crippen molar-refractivity contribution >= 4 is 17.5 Å². The minimum Gasteiger partial charge on any atom is -0.454 e. The number of carbonyl (C=O) groups is 1. The van der Waals surface area contributed by atoms with Gasteiger partial charge in [0.2, 0.25) is 12.7 Å². The molecule has 0 saturated heterocycles. The number of nitrogens with one attached hydrogen (secondary N) is 2. The molecule has 0 aliphatic carbocycles. The fourth-order valence-electron chi connectivity index (χ4n) is 2.51. The van der Waals surface area contributed by atoms with Gasteiger partial charge in [-0.1, -0.05) is 6.07 Å². The summed E-state index contributed by atoms with van der Waals surface area (Å²) in [5.41, 5.74) is 1.78. The molecule has 1 amide bonds. The first-order valence-electron chi connectivity index (χ1n) is 8.19. The number of nitrogens with zero attached hydrogens (tertiary/aromatic N) is 2. The van der Waals surface area contributed by atoms with E-state index in [0.29, 0.717) is 29.5 Å². The van der Waals surface area contributed by atoms with Crippen LogP contribution in [0.4, 0.5) is 16.0 Å². The van der Waals surface area contributed by atoms with Crippen molar-refractivity contribution in [1.29, 1.82) is 0 Å². The molecule has 2 aromatic carbocycles. The third-order valence-electron chi connectivity index (χ3n) is 3.90. The molecule has 0 unspecified atom stereocenters. The Kier molecular flexibility index (Phi) is 4.52. The van der Waals surface area contributed by atoms with E-state index in [0.717, 1.165) is 11.3 Å². The Morgan fingerprint density at radius 1 is 1.04 bits per heavy atom. The fraction of sp³-hybridized carbons (Fsp3) is 0.105. The van der Waals surface area contributed by atoms with E-state index >= 15 is 0 Å². The van der Waals surface area contributed by atoms with E-state index < -0.39 is 0 Å². The summed E-state index contributed by atoms with van der Waals surface area (Å²) in [5, 5.41) is 5.74. The van der Waals surface area contributed by atoms with Gasteiger partial charge < -0.3 is 20.1 Å². The SMILES string of the molecule is O=C(Nc1ccc(F)cc1)c1cnc(NCc2ccc3c(c2)OCO3)nc1. The van der Waals surface area contributed by atoms with Crippen LogP contribution >= 0.6 is 0 Å². The van der Waals surface area contributed by atoms with Crippen LogP contribution in [-0.2, 0) is 6.54 Å². The summed E-state index contributed by atoms with van der Waals surface area (Å²) < 4.78 is 23.5. The first-order valence-corrected chi connectivity index (χ1v) is 8.19. The number of halogens is 1. The Labute approximate surface area is 154 Å². The maximum atomic E-state index is 12.9. The highest BCUT2D eigenvalue weighted by Crippen LogP contribution is 2.32. The smallest absolute Gasteiger partial charge is 0.258 e. The summed E-state index contributed by atoms with van der Waals surface area (Å²) in [6.07, 6.45) is 2.85. The molecular weight excluding hydrogens is 351 g/mol. The third kappa shape index (κ3) is 3.95. The summed E-state index contributed by atoms with van der Waals surface area (Å²) >= 11 is 0. The van der Waals surface area contributed by atoms with Gasteiger partial charge in [-0.2, -0.15) is 0 Å². The van der Waals surface area contributed by atoms with E-state index in [1.807, 2.05) is 18.2 Å². The molecule has 1 aromatic heterocycles. The normalized spacial score (nSPS) is 11.9. The molecule has 2 N–H and O–H groups in total. The van der Waals surface area contributed by atoms with Crippen LogP contribution in [0.2, 0.25) is 0 Å². The molecule has 0 spiro atoms. The van der Waals surface area contributed by atoms with Gasteiger partial charge >= 0.3 is 0 Å². The largest absolute Gasteiger partial charge is 0.454 e. The lowest BCUT2D eigenvalue weighted by Crippen LogP contribution is -2.13. The van der Waals surface area contributed by atoms with E-state index in [4.69, 9.17) is 9.47 Å². The topological polar surface area (TPSA) is 85.4 Å². The number of carbonyl (C=O) groups excluding carboxylic acids is 1.